The van der Waals surface area contributed by atoms with Gasteiger partial charge < -0.3 is 5.32 Å². The smallest absolute Gasteiger partial charge is 0.149 e. The summed E-state index contributed by atoms with van der Waals surface area (Å²) >= 11 is 0. The average Bonchev–Trinajstić information content (AvgIpc) is 2.34. The van der Waals surface area contributed by atoms with Crippen molar-refractivity contribution in [2.75, 3.05) is 5.32 Å². The van der Waals surface area contributed by atoms with Crippen LogP contribution >= 0.6 is 0 Å². The molecular formula is C13H7F3N2. The van der Waals surface area contributed by atoms with E-state index in [0.717, 1.165) is 12.1 Å². The maximum absolute atomic E-state index is 13.5. The second kappa shape index (κ2) is 4.80. The molecule has 0 aliphatic heterocycles. The van der Waals surface area contributed by atoms with Crippen LogP contribution in [0.25, 0.3) is 0 Å². The van der Waals surface area contributed by atoms with Gasteiger partial charge in [-0.05, 0) is 30.3 Å². The van der Waals surface area contributed by atoms with Crippen LogP contribution in [0.4, 0.5) is 24.5 Å². The number of hydrogen-bond donors (Lipinski definition) is 1. The zero-order valence-corrected chi connectivity index (χ0v) is 9.05. The summed E-state index contributed by atoms with van der Waals surface area (Å²) in [4.78, 5) is 0. The highest BCUT2D eigenvalue weighted by Crippen LogP contribution is 2.23. The Bertz CT molecular complexity index is 633. The Morgan fingerprint density at radius 1 is 0.889 bits per heavy atom. The molecule has 0 aromatic heterocycles. The summed E-state index contributed by atoms with van der Waals surface area (Å²) in [5, 5.41) is 11.1. The third kappa shape index (κ3) is 2.43. The lowest BCUT2D eigenvalue weighted by molar-refractivity contribution is 0.585. The minimum atomic E-state index is -0.821. The minimum absolute atomic E-state index is 0.0134. The molecule has 0 bridgehead atoms. The average molecular weight is 248 g/mol. The van der Waals surface area contributed by atoms with Crippen molar-refractivity contribution in [3.63, 3.8) is 0 Å². The van der Waals surface area contributed by atoms with Gasteiger partial charge in [0, 0.05) is 6.07 Å². The van der Waals surface area contributed by atoms with Gasteiger partial charge in [0.1, 0.15) is 17.5 Å². The molecule has 2 nitrogen and oxygen atoms in total. The SMILES string of the molecule is N#Cc1ccc(Nc2ccc(F)cc2F)c(F)c1. The predicted octanol–water partition coefficient (Wildman–Crippen LogP) is 3.72. The van der Waals surface area contributed by atoms with Gasteiger partial charge in [-0.1, -0.05) is 0 Å². The number of rotatable bonds is 2. The number of anilines is 2. The van der Waals surface area contributed by atoms with E-state index in [1.807, 2.05) is 0 Å². The molecule has 2 rings (SSSR count). The van der Waals surface area contributed by atoms with E-state index in [-0.39, 0.29) is 16.9 Å². The topological polar surface area (TPSA) is 35.8 Å². The van der Waals surface area contributed by atoms with Crippen molar-refractivity contribution in [1.82, 2.24) is 0 Å². The summed E-state index contributed by atoms with van der Waals surface area (Å²) < 4.78 is 39.5. The molecule has 1 N–H and O–H groups in total. The van der Waals surface area contributed by atoms with Gasteiger partial charge in [0.25, 0.3) is 0 Å². The summed E-state index contributed by atoms with van der Waals surface area (Å²) in [5.41, 5.74) is 0.136. The third-order valence-corrected chi connectivity index (χ3v) is 2.30. The van der Waals surface area contributed by atoms with Crippen LogP contribution < -0.4 is 5.32 Å². The summed E-state index contributed by atoms with van der Waals surface area (Å²) in [7, 11) is 0. The molecule has 0 saturated heterocycles. The van der Waals surface area contributed by atoms with Crippen molar-refractivity contribution in [2.24, 2.45) is 0 Å². The van der Waals surface area contributed by atoms with Crippen molar-refractivity contribution in [2.45, 2.75) is 0 Å². The molecule has 0 heterocycles. The van der Waals surface area contributed by atoms with Gasteiger partial charge in [0.15, 0.2) is 0 Å². The number of halogens is 3. The predicted molar refractivity (Wildman–Crippen MR) is 60.8 cm³/mol. The van der Waals surface area contributed by atoms with Crippen molar-refractivity contribution >= 4 is 11.4 Å². The Labute approximate surface area is 101 Å². The molecule has 2 aromatic carbocycles. The molecule has 2 aromatic rings. The third-order valence-electron chi connectivity index (χ3n) is 2.30. The van der Waals surface area contributed by atoms with E-state index in [1.165, 1.54) is 18.2 Å². The Morgan fingerprint density at radius 2 is 1.50 bits per heavy atom. The molecule has 0 aliphatic carbocycles. The van der Waals surface area contributed by atoms with Gasteiger partial charge in [-0.25, -0.2) is 13.2 Å². The van der Waals surface area contributed by atoms with Crippen LogP contribution in [0.1, 0.15) is 5.56 Å². The van der Waals surface area contributed by atoms with E-state index in [2.05, 4.69) is 5.32 Å². The molecular weight excluding hydrogens is 241 g/mol. The highest BCUT2D eigenvalue weighted by molar-refractivity contribution is 5.61. The lowest BCUT2D eigenvalue weighted by Crippen LogP contribution is -1.97. The molecule has 0 aliphatic rings. The van der Waals surface area contributed by atoms with E-state index in [1.54, 1.807) is 6.07 Å². The van der Waals surface area contributed by atoms with Crippen LogP contribution in [0.15, 0.2) is 36.4 Å². The van der Waals surface area contributed by atoms with Gasteiger partial charge in [-0.2, -0.15) is 5.26 Å². The van der Waals surface area contributed by atoms with Crippen molar-refractivity contribution in [1.29, 1.82) is 5.26 Å². The molecule has 0 unspecified atom stereocenters. The fourth-order valence-corrected chi connectivity index (χ4v) is 1.42. The normalized spacial score (nSPS) is 9.89. The lowest BCUT2D eigenvalue weighted by Gasteiger charge is -2.08. The maximum Gasteiger partial charge on any atom is 0.149 e. The molecule has 5 heteroatoms. The number of nitrogens with one attached hydrogen (secondary N) is 1. The molecule has 0 radical (unpaired) electrons. The van der Waals surface area contributed by atoms with Crippen LogP contribution in [0.5, 0.6) is 0 Å². The largest absolute Gasteiger partial charge is 0.351 e. The van der Waals surface area contributed by atoms with Gasteiger partial charge in [-0.3, -0.25) is 0 Å². The van der Waals surface area contributed by atoms with Gasteiger partial charge in [0.05, 0.1) is 23.0 Å². The second-order valence-electron chi connectivity index (χ2n) is 3.56. The van der Waals surface area contributed by atoms with Crippen molar-refractivity contribution in [3.05, 3.63) is 59.4 Å². The minimum Gasteiger partial charge on any atom is -0.351 e. The Morgan fingerprint density at radius 3 is 2.06 bits per heavy atom. The fourth-order valence-electron chi connectivity index (χ4n) is 1.42. The first-order valence-electron chi connectivity index (χ1n) is 5.02. The highest BCUT2D eigenvalue weighted by Gasteiger charge is 2.07. The summed E-state index contributed by atoms with van der Waals surface area (Å²) in [6, 6.07) is 8.46. The van der Waals surface area contributed by atoms with E-state index in [4.69, 9.17) is 5.26 Å². The number of benzene rings is 2. The Hall–Kier alpha value is -2.48. The van der Waals surface area contributed by atoms with Gasteiger partial charge >= 0.3 is 0 Å². The number of nitrogens with zero attached hydrogens (tertiary/aromatic N) is 1. The first-order valence-corrected chi connectivity index (χ1v) is 5.02. The summed E-state index contributed by atoms with van der Waals surface area (Å²) in [5.74, 6) is -2.21. The van der Waals surface area contributed by atoms with Crippen LogP contribution in [0, 0.1) is 28.8 Å². The standard InChI is InChI=1S/C13H7F3N2/c14-9-2-4-13(11(16)6-9)18-12-3-1-8(7-17)5-10(12)15/h1-6,18H. The molecule has 0 spiro atoms. The molecule has 0 atom stereocenters. The van der Waals surface area contributed by atoms with E-state index >= 15 is 0 Å². The quantitative estimate of drug-likeness (QED) is 0.879. The maximum atomic E-state index is 13.5. The molecule has 0 saturated carbocycles. The van der Waals surface area contributed by atoms with E-state index in [0.29, 0.717) is 6.07 Å². The molecule has 18 heavy (non-hydrogen) atoms. The van der Waals surface area contributed by atoms with Crippen molar-refractivity contribution in [3.8, 4) is 6.07 Å². The molecule has 90 valence electrons. The second-order valence-corrected chi connectivity index (χ2v) is 3.56. The molecule has 0 amide bonds. The summed E-state index contributed by atoms with van der Waals surface area (Å²) in [6.45, 7) is 0. The first kappa shape index (κ1) is 12.0. The molecule has 0 fully saturated rings. The van der Waals surface area contributed by atoms with Crippen LogP contribution in [0.3, 0.4) is 0 Å². The van der Waals surface area contributed by atoms with Crippen molar-refractivity contribution < 1.29 is 13.2 Å². The zero-order chi connectivity index (χ0) is 13.1. The monoisotopic (exact) mass is 248 g/mol. The van der Waals surface area contributed by atoms with Crippen LogP contribution in [-0.2, 0) is 0 Å². The zero-order valence-electron chi connectivity index (χ0n) is 9.05. The fraction of sp³-hybridized carbons (Fsp3) is 0. The van der Waals surface area contributed by atoms with Gasteiger partial charge in [0.2, 0.25) is 0 Å². The lowest BCUT2D eigenvalue weighted by atomic mass is 10.2. The number of nitriles is 1. The number of hydrogen-bond acceptors (Lipinski definition) is 2. The van der Waals surface area contributed by atoms with Crippen LogP contribution in [0.2, 0.25) is 0 Å². The van der Waals surface area contributed by atoms with E-state index < -0.39 is 17.5 Å². The Balaban J connectivity index is 2.32. The summed E-state index contributed by atoms with van der Waals surface area (Å²) in [6.07, 6.45) is 0. The van der Waals surface area contributed by atoms with Crippen LogP contribution in [-0.4, -0.2) is 0 Å². The Kier molecular flexibility index (Phi) is 3.20. The first-order chi connectivity index (χ1) is 8.60. The van der Waals surface area contributed by atoms with Gasteiger partial charge in [-0.15, -0.1) is 0 Å². The highest BCUT2D eigenvalue weighted by atomic mass is 19.1. The van der Waals surface area contributed by atoms with E-state index in [9.17, 15) is 13.2 Å².